The van der Waals surface area contributed by atoms with Gasteiger partial charge in [0.25, 0.3) is 5.91 Å². The number of fused-ring (bicyclic) bond motifs is 2. The first-order valence-electron chi connectivity index (χ1n) is 19.5. The van der Waals surface area contributed by atoms with Crippen LogP contribution >= 0.6 is 0 Å². The third kappa shape index (κ3) is 9.89. The summed E-state index contributed by atoms with van der Waals surface area (Å²) < 4.78 is 5.56. The predicted octanol–water partition coefficient (Wildman–Crippen LogP) is 2.86. The van der Waals surface area contributed by atoms with Crippen LogP contribution in [0.4, 0.5) is 4.79 Å². The molecule has 0 aromatic heterocycles. The number of likely N-dealkylation sites (tertiary alicyclic amines) is 1. The number of likely N-dealkylation sites (N-methyl/N-ethyl adjacent to an activating group) is 1. The van der Waals surface area contributed by atoms with Crippen LogP contribution in [0.1, 0.15) is 70.2 Å². The molecule has 1 aliphatic heterocycles. The zero-order valence-electron chi connectivity index (χ0n) is 33.9. The molecule has 3 unspecified atom stereocenters. The van der Waals surface area contributed by atoms with Gasteiger partial charge in [-0.25, -0.2) is 4.79 Å². The lowest BCUT2D eigenvalue weighted by Gasteiger charge is -2.35. The van der Waals surface area contributed by atoms with Crippen LogP contribution in [-0.2, 0) is 46.3 Å². The number of piperidine rings is 1. The van der Waals surface area contributed by atoms with Gasteiger partial charge in [-0.2, -0.15) is 0 Å². The second-order valence-electron chi connectivity index (χ2n) is 17.1. The number of rotatable bonds is 15. The summed E-state index contributed by atoms with van der Waals surface area (Å²) in [6.07, 6.45) is 2.25. The van der Waals surface area contributed by atoms with Crippen LogP contribution < -0.4 is 21.3 Å². The number of carbonyl (C=O) groups excluding carboxylic acids is 7. The maximum atomic E-state index is 14.6. The van der Waals surface area contributed by atoms with Crippen LogP contribution in [-0.4, -0.2) is 102 Å². The Morgan fingerprint density at radius 2 is 1.54 bits per heavy atom. The van der Waals surface area contributed by atoms with Gasteiger partial charge in [-0.15, -0.1) is 6.58 Å². The normalized spacial score (nSPS) is 20.8. The predicted molar refractivity (Wildman–Crippen MR) is 212 cm³/mol. The number of nitrogens with one attached hydrogen (secondary N) is 4. The molecular formula is C43H56N6O8. The molecule has 4 N–H and O–H groups in total. The Hall–Kier alpha value is -5.53. The molecule has 3 aliphatic rings. The summed E-state index contributed by atoms with van der Waals surface area (Å²) in [5.41, 5.74) is 1.64. The van der Waals surface area contributed by atoms with E-state index in [0.717, 1.165) is 11.1 Å². The maximum absolute atomic E-state index is 14.6. The summed E-state index contributed by atoms with van der Waals surface area (Å²) in [4.78, 5) is 97.7. The molecule has 306 valence electrons. The monoisotopic (exact) mass is 784 g/mol. The first-order chi connectivity index (χ1) is 26.8. The summed E-state index contributed by atoms with van der Waals surface area (Å²) in [5.74, 6) is -4.67. The number of amides is 6. The molecule has 2 aliphatic carbocycles. The molecule has 0 bridgehead atoms. The van der Waals surface area contributed by atoms with E-state index in [9.17, 15) is 33.6 Å². The molecule has 0 spiro atoms. The fourth-order valence-corrected chi connectivity index (χ4v) is 8.26. The van der Waals surface area contributed by atoms with Crippen LogP contribution in [0.15, 0.2) is 67.3 Å². The van der Waals surface area contributed by atoms with E-state index in [4.69, 9.17) is 4.74 Å². The summed E-state index contributed by atoms with van der Waals surface area (Å²) in [6, 6.07) is 12.2. The van der Waals surface area contributed by atoms with Gasteiger partial charge in [0.05, 0.1) is 12.6 Å². The van der Waals surface area contributed by atoms with Gasteiger partial charge >= 0.3 is 6.09 Å². The highest BCUT2D eigenvalue weighted by Gasteiger charge is 2.70. The van der Waals surface area contributed by atoms with Crippen LogP contribution in [0.3, 0.4) is 0 Å². The summed E-state index contributed by atoms with van der Waals surface area (Å²) in [6.45, 7) is 12.7. The van der Waals surface area contributed by atoms with E-state index < -0.39 is 71.8 Å². The van der Waals surface area contributed by atoms with Crippen molar-refractivity contribution in [2.45, 2.75) is 90.1 Å². The molecule has 2 aromatic carbocycles. The molecule has 5 rings (SSSR count). The SMILES string of the molecule is C=CCCC(NC(=O)[C@@H]1C2C(CN1C(=O)[C@@H](NC(=O)OC(C)(C)C)C1Cc3ccccc3C1)C2(C)C)C(=O)C(=O)NCC(=O)N[C@H](C(=O)N(C)C)c1ccccc1. The third-order valence-corrected chi connectivity index (χ3v) is 11.3. The van der Waals surface area contributed by atoms with E-state index in [1.807, 2.05) is 38.1 Å². The highest BCUT2D eigenvalue weighted by atomic mass is 16.6. The van der Waals surface area contributed by atoms with Gasteiger partial charge in [0.2, 0.25) is 29.4 Å². The fraction of sp³-hybridized carbons (Fsp3) is 0.512. The number of ketones is 1. The van der Waals surface area contributed by atoms with Crippen molar-refractivity contribution in [1.82, 2.24) is 31.1 Å². The summed E-state index contributed by atoms with van der Waals surface area (Å²) in [7, 11) is 3.11. The first kappa shape index (κ1) is 42.6. The molecule has 57 heavy (non-hydrogen) atoms. The number of alkyl carbamates (subject to hydrolysis) is 1. The third-order valence-electron chi connectivity index (χ3n) is 11.3. The molecule has 14 heteroatoms. The van der Waals surface area contributed by atoms with Gasteiger partial charge in [0, 0.05) is 20.6 Å². The molecule has 1 heterocycles. The lowest BCUT2D eigenvalue weighted by molar-refractivity contribution is -0.145. The van der Waals surface area contributed by atoms with Crippen molar-refractivity contribution in [3.63, 3.8) is 0 Å². The van der Waals surface area contributed by atoms with Crippen molar-refractivity contribution >= 4 is 41.4 Å². The Bertz CT molecular complexity index is 1860. The van der Waals surface area contributed by atoms with E-state index in [-0.39, 0.29) is 48.5 Å². The van der Waals surface area contributed by atoms with Crippen molar-refractivity contribution in [2.75, 3.05) is 27.2 Å². The molecular weight excluding hydrogens is 729 g/mol. The number of carbonyl (C=O) groups is 7. The van der Waals surface area contributed by atoms with Gasteiger partial charge in [0.1, 0.15) is 23.7 Å². The zero-order chi connectivity index (χ0) is 41.8. The quantitative estimate of drug-likeness (QED) is 0.157. The van der Waals surface area contributed by atoms with Crippen molar-refractivity contribution in [3.8, 4) is 0 Å². The van der Waals surface area contributed by atoms with E-state index in [1.165, 1.54) is 9.80 Å². The Morgan fingerprint density at radius 3 is 2.12 bits per heavy atom. The second-order valence-corrected chi connectivity index (χ2v) is 17.1. The molecule has 2 aromatic rings. The number of benzene rings is 2. The standard InChI is InChI=1S/C43H56N6O8/c1-9-10-20-30(36(51)38(53)44-23-31(50)46-33(39(54)48(7)8)25-16-12-11-13-17-25)45-37(52)35-32-29(43(32,5)6)24-49(35)40(55)34(47-41(56)57-42(2,3)4)28-21-26-18-14-15-19-27(26)22-28/h9,11-19,28-30,32-35H,1,10,20-24H2,2-8H3,(H,44,53)(H,45,52)(H,46,50)(H,47,56)/t29?,30?,32?,33-,34-,35-/m0/s1. The zero-order valence-corrected chi connectivity index (χ0v) is 33.9. The molecule has 1 saturated carbocycles. The average Bonchev–Trinajstić information content (AvgIpc) is 3.51. The van der Waals surface area contributed by atoms with Crippen molar-refractivity contribution < 1.29 is 38.3 Å². The van der Waals surface area contributed by atoms with Gasteiger partial charge in [-0.3, -0.25) is 28.8 Å². The number of nitrogens with zero attached hydrogens (tertiary/aromatic N) is 2. The Labute approximate surface area is 334 Å². The minimum absolute atomic E-state index is 0.00313. The topological polar surface area (TPSA) is 183 Å². The number of hydrogen-bond donors (Lipinski definition) is 4. The van der Waals surface area contributed by atoms with E-state index in [0.29, 0.717) is 18.4 Å². The van der Waals surface area contributed by atoms with E-state index in [1.54, 1.807) is 71.3 Å². The van der Waals surface area contributed by atoms with E-state index in [2.05, 4.69) is 27.8 Å². The Kier molecular flexibility index (Phi) is 12.9. The van der Waals surface area contributed by atoms with Gasteiger partial charge in [0.15, 0.2) is 0 Å². The Morgan fingerprint density at radius 1 is 0.930 bits per heavy atom. The highest BCUT2D eigenvalue weighted by Crippen LogP contribution is 2.65. The van der Waals surface area contributed by atoms with Crippen molar-refractivity contribution in [2.24, 2.45) is 23.2 Å². The lowest BCUT2D eigenvalue weighted by atomic mass is 9.93. The number of allylic oxidation sites excluding steroid dienone is 1. The van der Waals surface area contributed by atoms with Crippen LogP contribution in [0.5, 0.6) is 0 Å². The highest BCUT2D eigenvalue weighted by molar-refractivity contribution is 6.38. The lowest BCUT2D eigenvalue weighted by Crippen LogP contribution is -2.60. The van der Waals surface area contributed by atoms with E-state index >= 15 is 0 Å². The van der Waals surface area contributed by atoms with Crippen molar-refractivity contribution in [3.05, 3.63) is 83.9 Å². The molecule has 14 nitrogen and oxygen atoms in total. The average molecular weight is 785 g/mol. The molecule has 1 saturated heterocycles. The molecule has 6 atom stereocenters. The fourth-order valence-electron chi connectivity index (χ4n) is 8.26. The van der Waals surface area contributed by atoms with Gasteiger partial charge < -0.3 is 35.8 Å². The van der Waals surface area contributed by atoms with Crippen LogP contribution in [0.2, 0.25) is 0 Å². The maximum Gasteiger partial charge on any atom is 0.408 e. The molecule has 2 fully saturated rings. The number of Topliss-reactive ketones (excluding diaryl/α,β-unsaturated/α-hetero) is 1. The van der Waals surface area contributed by atoms with Crippen LogP contribution in [0, 0.1) is 23.2 Å². The van der Waals surface area contributed by atoms with Crippen molar-refractivity contribution in [1.29, 1.82) is 0 Å². The molecule has 0 radical (unpaired) electrons. The second kappa shape index (κ2) is 17.3. The number of hydrogen-bond acceptors (Lipinski definition) is 8. The summed E-state index contributed by atoms with van der Waals surface area (Å²) in [5, 5.41) is 10.6. The van der Waals surface area contributed by atoms with Gasteiger partial charge in [-0.1, -0.05) is 74.5 Å². The first-order valence-corrected chi connectivity index (χ1v) is 19.5. The van der Waals surface area contributed by atoms with Gasteiger partial charge in [-0.05, 0) is 86.3 Å². The number of ether oxygens (including phenoxy) is 1. The minimum Gasteiger partial charge on any atom is -0.444 e. The largest absolute Gasteiger partial charge is 0.444 e. The minimum atomic E-state index is -1.29. The molecule has 6 amide bonds. The summed E-state index contributed by atoms with van der Waals surface area (Å²) >= 11 is 0. The van der Waals surface area contributed by atoms with Crippen LogP contribution in [0.25, 0.3) is 0 Å². The Balaban J connectivity index is 1.30. The smallest absolute Gasteiger partial charge is 0.408 e.